The van der Waals surface area contributed by atoms with Crippen molar-refractivity contribution in [2.24, 2.45) is 0 Å². The van der Waals surface area contributed by atoms with Gasteiger partial charge in [-0.05, 0) is 25.1 Å². The Labute approximate surface area is 104 Å². The molecule has 1 aromatic carbocycles. The fraction of sp³-hybridized carbons (Fsp3) is 0.500. The van der Waals surface area contributed by atoms with Gasteiger partial charge < -0.3 is 5.32 Å². The van der Waals surface area contributed by atoms with Crippen LogP contribution >= 0.6 is 0 Å². The molecular weight excluding hydrogens is 236 g/mol. The van der Waals surface area contributed by atoms with Gasteiger partial charge in [0.1, 0.15) is 0 Å². The van der Waals surface area contributed by atoms with Crippen molar-refractivity contribution in [1.82, 2.24) is 9.62 Å². The van der Waals surface area contributed by atoms with Gasteiger partial charge in [0, 0.05) is 20.1 Å². The van der Waals surface area contributed by atoms with Crippen molar-refractivity contribution >= 4 is 10.0 Å². The third kappa shape index (κ3) is 3.28. The second-order valence-electron chi connectivity index (χ2n) is 3.89. The molecule has 0 saturated heterocycles. The van der Waals surface area contributed by atoms with Gasteiger partial charge in [-0.3, -0.25) is 0 Å². The fourth-order valence-corrected chi connectivity index (χ4v) is 3.07. The van der Waals surface area contributed by atoms with Crippen LogP contribution in [0.4, 0.5) is 0 Å². The van der Waals surface area contributed by atoms with Crippen LogP contribution in [0.1, 0.15) is 12.5 Å². The van der Waals surface area contributed by atoms with Gasteiger partial charge in [-0.25, -0.2) is 8.42 Å². The van der Waals surface area contributed by atoms with E-state index in [4.69, 9.17) is 0 Å². The lowest BCUT2D eigenvalue weighted by atomic mass is 10.2. The Kier molecular flexibility index (Phi) is 5.11. The lowest BCUT2D eigenvalue weighted by molar-refractivity contribution is 0.465. The zero-order chi connectivity index (χ0) is 12.9. The second-order valence-corrected chi connectivity index (χ2v) is 5.90. The van der Waals surface area contributed by atoms with E-state index in [2.05, 4.69) is 5.32 Å². The summed E-state index contributed by atoms with van der Waals surface area (Å²) in [6.07, 6.45) is 0.718. The summed E-state index contributed by atoms with van der Waals surface area (Å²) in [6, 6.07) is 7.16. The van der Waals surface area contributed by atoms with Crippen molar-refractivity contribution in [2.45, 2.75) is 18.2 Å². The number of nitrogens with zero attached hydrogens (tertiary/aromatic N) is 1. The first-order valence-corrected chi connectivity index (χ1v) is 7.17. The van der Waals surface area contributed by atoms with Crippen molar-refractivity contribution < 1.29 is 8.42 Å². The molecule has 0 atom stereocenters. The van der Waals surface area contributed by atoms with E-state index in [0.29, 0.717) is 18.0 Å². The second kappa shape index (κ2) is 6.14. The molecule has 0 radical (unpaired) electrons. The maximum absolute atomic E-state index is 12.3. The average molecular weight is 256 g/mol. The molecule has 0 saturated carbocycles. The van der Waals surface area contributed by atoms with Crippen molar-refractivity contribution in [3.63, 3.8) is 0 Å². The molecule has 96 valence electrons. The van der Waals surface area contributed by atoms with Crippen molar-refractivity contribution in [1.29, 1.82) is 0 Å². The van der Waals surface area contributed by atoms with Gasteiger partial charge in [0.15, 0.2) is 0 Å². The Morgan fingerprint density at radius 3 is 2.53 bits per heavy atom. The standard InChI is InChI=1S/C12H20N2O2S/c1-4-11-7-5-6-8-12(11)17(15,16)14(3)10-9-13-2/h5-8,13H,4,9-10H2,1-3H3. The molecule has 0 aliphatic heterocycles. The van der Waals surface area contributed by atoms with Crippen molar-refractivity contribution in [3.8, 4) is 0 Å². The van der Waals surface area contributed by atoms with Crippen LogP contribution in [-0.4, -0.2) is 39.9 Å². The maximum atomic E-state index is 12.3. The van der Waals surface area contributed by atoms with E-state index < -0.39 is 10.0 Å². The smallest absolute Gasteiger partial charge is 0.243 e. The topological polar surface area (TPSA) is 49.4 Å². The molecule has 1 N–H and O–H groups in total. The highest BCUT2D eigenvalue weighted by atomic mass is 32.2. The Morgan fingerprint density at radius 1 is 1.29 bits per heavy atom. The molecule has 0 aromatic heterocycles. The van der Waals surface area contributed by atoms with Crippen LogP contribution in [0, 0.1) is 0 Å². The summed E-state index contributed by atoms with van der Waals surface area (Å²) in [5, 5.41) is 2.94. The summed E-state index contributed by atoms with van der Waals surface area (Å²) in [5.74, 6) is 0. The predicted molar refractivity (Wildman–Crippen MR) is 69.6 cm³/mol. The van der Waals surface area contributed by atoms with Gasteiger partial charge in [0.25, 0.3) is 0 Å². The molecule has 0 spiro atoms. The first kappa shape index (κ1) is 14.2. The number of likely N-dealkylation sites (N-methyl/N-ethyl adjacent to an activating group) is 2. The largest absolute Gasteiger partial charge is 0.318 e. The minimum Gasteiger partial charge on any atom is -0.318 e. The first-order valence-electron chi connectivity index (χ1n) is 5.73. The minimum absolute atomic E-state index is 0.418. The summed E-state index contributed by atoms with van der Waals surface area (Å²) in [7, 11) is 0.0556. The SMILES string of the molecule is CCc1ccccc1S(=O)(=O)N(C)CCNC. The van der Waals surface area contributed by atoms with Crippen LogP contribution in [0.2, 0.25) is 0 Å². The first-order chi connectivity index (χ1) is 8.04. The van der Waals surface area contributed by atoms with E-state index in [-0.39, 0.29) is 0 Å². The number of rotatable bonds is 6. The van der Waals surface area contributed by atoms with Crippen LogP contribution in [0.3, 0.4) is 0 Å². The van der Waals surface area contributed by atoms with Gasteiger partial charge in [-0.2, -0.15) is 4.31 Å². The molecule has 0 bridgehead atoms. The normalized spacial score (nSPS) is 12.0. The molecule has 0 heterocycles. The van der Waals surface area contributed by atoms with Crippen LogP contribution in [0.25, 0.3) is 0 Å². The van der Waals surface area contributed by atoms with E-state index in [1.165, 1.54) is 4.31 Å². The van der Waals surface area contributed by atoms with Crippen molar-refractivity contribution in [3.05, 3.63) is 29.8 Å². The molecule has 17 heavy (non-hydrogen) atoms. The highest BCUT2D eigenvalue weighted by Crippen LogP contribution is 2.19. The predicted octanol–water partition coefficient (Wildman–Crippen LogP) is 1.09. The molecule has 5 heteroatoms. The number of nitrogens with one attached hydrogen (secondary N) is 1. The Hall–Kier alpha value is -0.910. The average Bonchev–Trinajstić information content (AvgIpc) is 2.35. The molecule has 4 nitrogen and oxygen atoms in total. The summed E-state index contributed by atoms with van der Waals surface area (Å²) in [6.45, 7) is 3.07. The third-order valence-corrected chi connectivity index (χ3v) is 4.68. The van der Waals surface area contributed by atoms with Gasteiger partial charge in [0.2, 0.25) is 10.0 Å². The highest BCUT2D eigenvalue weighted by molar-refractivity contribution is 7.89. The lowest BCUT2D eigenvalue weighted by Gasteiger charge is -2.18. The molecular formula is C12H20N2O2S. The minimum atomic E-state index is -3.36. The van der Waals surface area contributed by atoms with Crippen LogP contribution in [0.15, 0.2) is 29.2 Å². The van der Waals surface area contributed by atoms with Crippen molar-refractivity contribution in [2.75, 3.05) is 27.2 Å². The lowest BCUT2D eigenvalue weighted by Crippen LogP contribution is -2.33. The van der Waals surface area contributed by atoms with Gasteiger partial charge >= 0.3 is 0 Å². The zero-order valence-corrected chi connectivity index (χ0v) is 11.4. The van der Waals surface area contributed by atoms with E-state index in [9.17, 15) is 8.42 Å². The van der Waals surface area contributed by atoms with E-state index in [0.717, 1.165) is 12.0 Å². The van der Waals surface area contributed by atoms with E-state index >= 15 is 0 Å². The quantitative estimate of drug-likeness (QED) is 0.829. The zero-order valence-electron chi connectivity index (χ0n) is 10.6. The molecule has 0 aliphatic carbocycles. The van der Waals surface area contributed by atoms with Crippen LogP contribution in [0.5, 0.6) is 0 Å². The number of benzene rings is 1. The molecule has 0 unspecified atom stereocenters. The van der Waals surface area contributed by atoms with Gasteiger partial charge in [-0.15, -0.1) is 0 Å². The molecule has 1 aromatic rings. The highest BCUT2D eigenvalue weighted by Gasteiger charge is 2.22. The maximum Gasteiger partial charge on any atom is 0.243 e. The summed E-state index contributed by atoms with van der Waals surface area (Å²) in [5.41, 5.74) is 0.865. The fourth-order valence-electron chi connectivity index (χ4n) is 1.60. The van der Waals surface area contributed by atoms with Gasteiger partial charge in [-0.1, -0.05) is 25.1 Å². The molecule has 0 fully saturated rings. The molecule has 1 rings (SSSR count). The third-order valence-electron chi connectivity index (χ3n) is 2.72. The summed E-state index contributed by atoms with van der Waals surface area (Å²) < 4.78 is 26.0. The Balaban J connectivity index is 3.04. The summed E-state index contributed by atoms with van der Waals surface area (Å²) in [4.78, 5) is 0.418. The number of hydrogen-bond donors (Lipinski definition) is 1. The Bertz CT molecular complexity index is 457. The Morgan fingerprint density at radius 2 is 1.94 bits per heavy atom. The van der Waals surface area contributed by atoms with E-state index in [1.54, 1.807) is 26.2 Å². The monoisotopic (exact) mass is 256 g/mol. The summed E-state index contributed by atoms with van der Waals surface area (Å²) >= 11 is 0. The van der Waals surface area contributed by atoms with Crippen LogP contribution in [-0.2, 0) is 16.4 Å². The van der Waals surface area contributed by atoms with E-state index in [1.807, 2.05) is 19.1 Å². The van der Waals surface area contributed by atoms with Crippen LogP contribution < -0.4 is 5.32 Å². The molecule has 0 amide bonds. The number of sulfonamides is 1. The number of aryl methyl sites for hydroxylation is 1. The van der Waals surface area contributed by atoms with Gasteiger partial charge in [0.05, 0.1) is 4.90 Å². The number of hydrogen-bond acceptors (Lipinski definition) is 3. The molecule has 0 aliphatic rings.